The van der Waals surface area contributed by atoms with Crippen LogP contribution in [0.15, 0.2) is 30.3 Å². The van der Waals surface area contributed by atoms with Crippen molar-refractivity contribution in [1.29, 1.82) is 0 Å². The predicted octanol–water partition coefficient (Wildman–Crippen LogP) is 1.98. The Morgan fingerprint density at radius 1 is 1.24 bits per heavy atom. The Morgan fingerprint density at radius 3 is 2.52 bits per heavy atom. The molecule has 2 amide bonds. The molecule has 2 aliphatic rings. The van der Waals surface area contributed by atoms with Gasteiger partial charge in [-0.15, -0.1) is 0 Å². The molecule has 2 aliphatic heterocycles. The van der Waals surface area contributed by atoms with E-state index in [4.69, 9.17) is 5.73 Å². The molecule has 1 aromatic rings. The lowest BCUT2D eigenvalue weighted by molar-refractivity contribution is -0.144. The van der Waals surface area contributed by atoms with Gasteiger partial charge in [0.15, 0.2) is 0 Å². The number of nitrogens with zero attached hydrogens (tertiary/aromatic N) is 2. The van der Waals surface area contributed by atoms with Crippen LogP contribution in [0.3, 0.4) is 0 Å². The minimum absolute atomic E-state index is 0.0545. The van der Waals surface area contributed by atoms with Crippen molar-refractivity contribution in [1.82, 2.24) is 9.80 Å². The number of piperidine rings is 2. The van der Waals surface area contributed by atoms with E-state index in [1.54, 1.807) is 0 Å². The monoisotopic (exact) mass is 343 g/mol. The normalized spacial score (nSPS) is 23.1. The lowest BCUT2D eigenvalue weighted by Crippen LogP contribution is -2.54. The summed E-state index contributed by atoms with van der Waals surface area (Å²) in [5, 5.41) is 0. The van der Waals surface area contributed by atoms with Crippen LogP contribution in [0.4, 0.5) is 0 Å². The molecule has 5 heteroatoms. The molecule has 2 fully saturated rings. The molecule has 0 aromatic heterocycles. The van der Waals surface area contributed by atoms with Crippen molar-refractivity contribution in [3.8, 4) is 0 Å². The van der Waals surface area contributed by atoms with E-state index in [9.17, 15) is 9.59 Å². The molecule has 1 spiro atoms. The third kappa shape index (κ3) is 3.71. The summed E-state index contributed by atoms with van der Waals surface area (Å²) < 4.78 is 0. The number of carbonyl (C=O) groups excluding carboxylic acids is 2. The summed E-state index contributed by atoms with van der Waals surface area (Å²) in [6, 6.07) is 10.1. The second kappa shape index (κ2) is 7.56. The fourth-order valence-corrected chi connectivity index (χ4v) is 4.38. The first-order valence-electron chi connectivity index (χ1n) is 9.40. The van der Waals surface area contributed by atoms with E-state index in [1.165, 1.54) is 0 Å². The van der Waals surface area contributed by atoms with Crippen molar-refractivity contribution in [3.63, 3.8) is 0 Å². The molecule has 3 rings (SSSR count). The highest BCUT2D eigenvalue weighted by Gasteiger charge is 2.46. The largest absolute Gasteiger partial charge is 0.343 e. The van der Waals surface area contributed by atoms with Gasteiger partial charge in [0, 0.05) is 39.1 Å². The highest BCUT2D eigenvalue weighted by Crippen LogP contribution is 2.45. The van der Waals surface area contributed by atoms with Crippen LogP contribution in [-0.4, -0.2) is 54.3 Å². The van der Waals surface area contributed by atoms with Gasteiger partial charge in [-0.3, -0.25) is 9.59 Å². The van der Waals surface area contributed by atoms with Crippen LogP contribution < -0.4 is 5.73 Å². The van der Waals surface area contributed by atoms with Gasteiger partial charge in [-0.05, 0) is 37.2 Å². The fourth-order valence-electron chi connectivity index (χ4n) is 4.38. The molecule has 1 atom stereocenters. The highest BCUT2D eigenvalue weighted by molar-refractivity contribution is 5.85. The molecule has 2 N–H and O–H groups in total. The van der Waals surface area contributed by atoms with Crippen molar-refractivity contribution in [2.75, 3.05) is 32.7 Å². The molecule has 1 unspecified atom stereocenters. The fraction of sp³-hybridized carbons (Fsp3) is 0.600. The molecule has 2 heterocycles. The Balaban J connectivity index is 1.76. The molecule has 136 valence electrons. The third-order valence-corrected chi connectivity index (χ3v) is 5.89. The molecule has 0 saturated carbocycles. The van der Waals surface area contributed by atoms with Gasteiger partial charge in [0.05, 0.1) is 5.92 Å². The molecular formula is C20H29N3O2. The molecular weight excluding hydrogens is 314 g/mol. The summed E-state index contributed by atoms with van der Waals surface area (Å²) in [5.74, 6) is 0.360. The minimum atomic E-state index is -0.0545. The maximum Gasteiger partial charge on any atom is 0.230 e. The van der Waals surface area contributed by atoms with Gasteiger partial charge >= 0.3 is 0 Å². The maximum absolute atomic E-state index is 12.9. The Hall–Kier alpha value is -1.88. The predicted molar refractivity (Wildman–Crippen MR) is 98.0 cm³/mol. The van der Waals surface area contributed by atoms with Gasteiger partial charge < -0.3 is 15.5 Å². The molecule has 25 heavy (non-hydrogen) atoms. The van der Waals surface area contributed by atoms with E-state index in [0.717, 1.165) is 51.0 Å². The Labute approximate surface area is 150 Å². The number of rotatable bonds is 4. The van der Waals surface area contributed by atoms with E-state index >= 15 is 0 Å². The van der Waals surface area contributed by atoms with Gasteiger partial charge in [0.2, 0.25) is 11.8 Å². The summed E-state index contributed by atoms with van der Waals surface area (Å²) in [7, 11) is 0. The van der Waals surface area contributed by atoms with Crippen LogP contribution in [0.1, 0.15) is 44.1 Å². The number of amides is 2. The molecule has 0 aliphatic carbocycles. The summed E-state index contributed by atoms with van der Waals surface area (Å²) in [4.78, 5) is 29.0. The van der Waals surface area contributed by atoms with Crippen molar-refractivity contribution < 1.29 is 9.59 Å². The topological polar surface area (TPSA) is 66.6 Å². The van der Waals surface area contributed by atoms with Crippen molar-refractivity contribution in [2.24, 2.45) is 11.1 Å². The minimum Gasteiger partial charge on any atom is -0.343 e. The average Bonchev–Trinajstić information content (AvgIpc) is 2.65. The lowest BCUT2D eigenvalue weighted by atomic mass is 9.67. The van der Waals surface area contributed by atoms with E-state index in [1.807, 2.05) is 28.0 Å². The summed E-state index contributed by atoms with van der Waals surface area (Å²) in [6.07, 6.45) is 3.26. The van der Waals surface area contributed by atoms with E-state index in [2.05, 4.69) is 19.1 Å². The first kappa shape index (κ1) is 17.9. The number of benzene rings is 1. The van der Waals surface area contributed by atoms with Crippen molar-refractivity contribution in [2.45, 2.75) is 38.5 Å². The first-order valence-corrected chi connectivity index (χ1v) is 9.40. The lowest BCUT2D eigenvalue weighted by Gasteiger charge is -2.49. The van der Waals surface area contributed by atoms with Gasteiger partial charge in [0.25, 0.3) is 0 Å². The molecule has 0 bridgehead atoms. The molecule has 5 nitrogen and oxygen atoms in total. The quantitative estimate of drug-likeness (QED) is 0.909. The maximum atomic E-state index is 12.9. The van der Waals surface area contributed by atoms with Gasteiger partial charge in [-0.2, -0.15) is 0 Å². The Morgan fingerprint density at radius 2 is 1.92 bits per heavy atom. The highest BCUT2D eigenvalue weighted by atomic mass is 16.2. The standard InChI is InChI=1S/C20H29N3O2/c1-2-22-15-20(9-12-23(13-10-20)18(24)8-11-21)14-17(19(22)25)16-6-4-3-5-7-16/h3-7,17H,2,8-15,21H2,1H3. The Kier molecular flexibility index (Phi) is 5.42. The second-order valence-electron chi connectivity index (χ2n) is 7.44. The van der Waals surface area contributed by atoms with Gasteiger partial charge in [-0.25, -0.2) is 0 Å². The number of likely N-dealkylation sites (tertiary alicyclic amines) is 2. The van der Waals surface area contributed by atoms with Crippen molar-refractivity contribution >= 4 is 11.8 Å². The first-order chi connectivity index (χ1) is 12.1. The smallest absolute Gasteiger partial charge is 0.230 e. The van der Waals surface area contributed by atoms with Crippen LogP contribution in [0, 0.1) is 5.41 Å². The third-order valence-electron chi connectivity index (χ3n) is 5.89. The zero-order chi connectivity index (χ0) is 17.9. The van der Waals surface area contributed by atoms with Crippen LogP contribution in [-0.2, 0) is 9.59 Å². The zero-order valence-electron chi connectivity index (χ0n) is 15.1. The molecule has 2 saturated heterocycles. The van der Waals surface area contributed by atoms with Crippen LogP contribution >= 0.6 is 0 Å². The zero-order valence-corrected chi connectivity index (χ0v) is 15.1. The van der Waals surface area contributed by atoms with E-state index in [0.29, 0.717) is 13.0 Å². The van der Waals surface area contributed by atoms with Crippen LogP contribution in [0.2, 0.25) is 0 Å². The Bertz CT molecular complexity index is 609. The van der Waals surface area contributed by atoms with Crippen LogP contribution in [0.5, 0.6) is 0 Å². The van der Waals surface area contributed by atoms with E-state index in [-0.39, 0.29) is 23.1 Å². The van der Waals surface area contributed by atoms with E-state index < -0.39 is 0 Å². The van der Waals surface area contributed by atoms with Crippen LogP contribution in [0.25, 0.3) is 0 Å². The second-order valence-corrected chi connectivity index (χ2v) is 7.44. The SMILES string of the molecule is CCN1CC2(CCN(C(=O)CCN)CC2)CC(c2ccccc2)C1=O. The number of nitrogens with two attached hydrogens (primary N) is 1. The summed E-state index contributed by atoms with van der Waals surface area (Å²) >= 11 is 0. The molecule has 0 radical (unpaired) electrons. The number of hydrogen-bond donors (Lipinski definition) is 1. The summed E-state index contributed by atoms with van der Waals surface area (Å²) in [6.45, 7) is 5.61. The van der Waals surface area contributed by atoms with Gasteiger partial charge in [-0.1, -0.05) is 30.3 Å². The van der Waals surface area contributed by atoms with Crippen molar-refractivity contribution in [3.05, 3.63) is 35.9 Å². The molecule has 1 aromatic carbocycles. The average molecular weight is 343 g/mol. The number of hydrogen-bond acceptors (Lipinski definition) is 3. The number of likely N-dealkylation sites (N-methyl/N-ethyl adjacent to an activating group) is 1. The number of carbonyl (C=O) groups is 2. The van der Waals surface area contributed by atoms with Gasteiger partial charge in [0.1, 0.15) is 0 Å². The summed E-state index contributed by atoms with van der Waals surface area (Å²) in [5.41, 5.74) is 6.76.